The van der Waals surface area contributed by atoms with E-state index in [2.05, 4.69) is 0 Å². The predicted molar refractivity (Wildman–Crippen MR) is 274 cm³/mol. The second kappa shape index (κ2) is 15.0. The highest BCUT2D eigenvalue weighted by molar-refractivity contribution is 6.15. The second-order valence-electron chi connectivity index (χ2n) is 13.8. The molecule has 0 aliphatic rings. The van der Waals surface area contributed by atoms with Crippen LogP contribution in [0.4, 0.5) is 17.1 Å². The molecule has 0 saturated heterocycles. The van der Waals surface area contributed by atoms with Gasteiger partial charge in [-0.25, -0.2) is 0 Å². The van der Waals surface area contributed by atoms with Crippen molar-refractivity contribution in [3.8, 4) is 39.1 Å². The van der Waals surface area contributed by atoms with E-state index in [4.69, 9.17) is 29.1 Å². The predicted octanol–water partition coefficient (Wildman–Crippen LogP) is 17.5. The van der Waals surface area contributed by atoms with Gasteiger partial charge in [0.25, 0.3) is 0 Å². The molecule has 0 N–H and O–H groups in total. The average molecular weight is 869 g/mol. The van der Waals surface area contributed by atoms with Crippen LogP contribution in [0.2, 0.25) is 0 Å². The highest BCUT2D eigenvalue weighted by atomic mass is 16.3. The number of anilines is 3. The fourth-order valence-corrected chi connectivity index (χ4v) is 7.43. The zero-order valence-corrected chi connectivity index (χ0v) is 32.3. The van der Waals surface area contributed by atoms with Crippen LogP contribution in [0.15, 0.2) is 246 Å². The van der Waals surface area contributed by atoms with Crippen molar-refractivity contribution in [2.75, 3.05) is 4.90 Å². The van der Waals surface area contributed by atoms with Gasteiger partial charge in [-0.05, 0) is 110 Å². The molecule has 0 radical (unpaired) electrons. The van der Waals surface area contributed by atoms with E-state index in [1.165, 1.54) is 0 Å². The zero-order chi connectivity index (χ0) is 77.7. The van der Waals surface area contributed by atoms with Crippen LogP contribution in [0.25, 0.3) is 104 Å². The Morgan fingerprint density at radius 2 is 0.923 bits per heavy atom. The maximum atomic E-state index is 10.4. The van der Waals surface area contributed by atoms with E-state index < -0.39 is 363 Å². The summed E-state index contributed by atoms with van der Waals surface area (Å²) in [6, 6.07) is -46.4. The monoisotopic (exact) mass is 869 g/mol. The number of rotatable bonds is 7. The number of fused-ring (bicyclic) bond motifs is 8. The average Bonchev–Trinajstić information content (AvgIpc) is 1.60. The molecule has 2 heterocycles. The number of aromatic nitrogens is 1. The van der Waals surface area contributed by atoms with Crippen LogP contribution in [0, 0.1) is 0 Å². The molecule has 0 fully saturated rings. The van der Waals surface area contributed by atoms with Gasteiger partial charge < -0.3 is 13.9 Å². The number of benzene rings is 11. The normalized spacial score (nSPS) is 20.3. The summed E-state index contributed by atoms with van der Waals surface area (Å²) >= 11 is 0. The summed E-state index contributed by atoms with van der Waals surface area (Å²) in [4.78, 5) is 0.187. The maximum absolute atomic E-state index is 10.4. The molecule has 0 aliphatic carbocycles. The molecule has 2 aromatic heterocycles. The van der Waals surface area contributed by atoms with Crippen LogP contribution < -0.4 is 4.90 Å². The van der Waals surface area contributed by atoms with Crippen molar-refractivity contribution in [3.63, 3.8) is 0 Å². The van der Waals surface area contributed by atoms with E-state index in [9.17, 15) is 30.2 Å². The highest BCUT2D eigenvalue weighted by Gasteiger charge is 2.26. The maximum Gasteiger partial charge on any atom is 0.145 e. The lowest BCUT2D eigenvalue weighted by Crippen LogP contribution is -2.12. The van der Waals surface area contributed by atoms with Gasteiger partial charge in [0.05, 0.1) is 82.8 Å². The smallest absolute Gasteiger partial charge is 0.145 e. The van der Waals surface area contributed by atoms with Gasteiger partial charge in [0.15, 0.2) is 0 Å². The van der Waals surface area contributed by atoms with Crippen LogP contribution in [0.5, 0.6) is 0 Å². The third-order valence-electron chi connectivity index (χ3n) is 10.2. The molecule has 3 nitrogen and oxygen atoms in total. The van der Waals surface area contributed by atoms with Crippen LogP contribution in [0.1, 0.15) is 54.8 Å². The minimum Gasteiger partial charge on any atom is -0.455 e. The molecule has 13 rings (SSSR count). The van der Waals surface area contributed by atoms with Crippen LogP contribution in [-0.4, -0.2) is 4.57 Å². The molecule has 13 aromatic rings. The quantitative estimate of drug-likeness (QED) is 0.159. The second-order valence-corrected chi connectivity index (χ2v) is 13.8. The lowest BCUT2D eigenvalue weighted by molar-refractivity contribution is 0.670. The molecule has 0 amide bonds. The number of hydrogen-bond donors (Lipinski definition) is 0. The molecule has 304 valence electrons. The summed E-state index contributed by atoms with van der Waals surface area (Å²) in [7, 11) is 0. The van der Waals surface area contributed by atoms with E-state index in [0.717, 1.165) is 0 Å². The van der Waals surface area contributed by atoms with Crippen molar-refractivity contribution in [3.05, 3.63) is 242 Å². The molecule has 11 aromatic carbocycles. The Balaban J connectivity index is 1.33. The number of nitrogens with zero attached hydrogens (tertiary/aromatic N) is 2. The Morgan fingerprint density at radius 3 is 1.68 bits per heavy atom. The van der Waals surface area contributed by atoms with Crippen molar-refractivity contribution in [2.24, 2.45) is 0 Å². The van der Waals surface area contributed by atoms with Crippen LogP contribution in [0.3, 0.4) is 0 Å². The Hall–Kier alpha value is -8.66. The molecule has 3 heteroatoms. The standard InChI is InChI=1S/C62H40N2O/c1-2-16-45-40-46(29-28-41(45)14-1)42-30-34-47(35-31-42)63(48-36-32-44(33-37-48)50-23-13-17-43-15-3-4-18-49(43)50)59-39-38-54-53-21-8-12-27-60(53)65-62(54)61(59)55-22-7-11-26-58(55)64-56-24-9-5-19-51(56)52-20-6-10-25-57(52)64/h1-40H/i1D,2D,3D,4D,5D,6D,7D,8D,9D,10D,11D,12D,13D,14D,15D,16D,17D,18D,19D,20D,21D,22D,23D,24D,25D,26D,27D,28D,29D,30D,31D,32D,33D,34D,35D,36D,37D,38D,39D,40D. The van der Waals surface area contributed by atoms with Gasteiger partial charge in [0, 0.05) is 38.5 Å². The topological polar surface area (TPSA) is 21.3 Å². The van der Waals surface area contributed by atoms with E-state index in [1.807, 2.05) is 0 Å². The Kier molecular flexibility index (Phi) is 3.39. The molecule has 0 atom stereocenters. The molecule has 0 aliphatic heterocycles. The minimum atomic E-state index is -1.52. The molecule has 0 bridgehead atoms. The zero-order valence-electron chi connectivity index (χ0n) is 72.3. The molecule has 65 heavy (non-hydrogen) atoms. The first-order valence-electron chi connectivity index (χ1n) is 39.0. The van der Waals surface area contributed by atoms with E-state index in [0.29, 0.717) is 4.57 Å². The van der Waals surface area contributed by atoms with Crippen molar-refractivity contribution in [1.29, 1.82) is 0 Å². The number of hydrogen-bond acceptors (Lipinski definition) is 2. The Bertz CT molecular complexity index is 6210. The van der Waals surface area contributed by atoms with Gasteiger partial charge in [-0.1, -0.05) is 175 Å². The van der Waals surface area contributed by atoms with Gasteiger partial charge >= 0.3 is 0 Å². The van der Waals surface area contributed by atoms with Crippen molar-refractivity contribution in [2.45, 2.75) is 0 Å². The fraction of sp³-hybridized carbons (Fsp3) is 0. The molecule has 0 saturated carbocycles. The largest absolute Gasteiger partial charge is 0.455 e. The molecular weight excluding hydrogens is 789 g/mol. The van der Waals surface area contributed by atoms with Gasteiger partial charge in [0.1, 0.15) is 11.2 Å². The summed E-state index contributed by atoms with van der Waals surface area (Å²) in [5.41, 5.74) is -15.8. The minimum absolute atomic E-state index is 0.187. The van der Waals surface area contributed by atoms with Gasteiger partial charge in [0.2, 0.25) is 0 Å². The van der Waals surface area contributed by atoms with Crippen LogP contribution >= 0.6 is 0 Å². The third-order valence-corrected chi connectivity index (χ3v) is 10.2. The van der Waals surface area contributed by atoms with Crippen molar-refractivity contribution in [1.82, 2.24) is 4.57 Å². The van der Waals surface area contributed by atoms with Gasteiger partial charge in [-0.3, -0.25) is 0 Å². The first-order valence-corrected chi connectivity index (χ1v) is 19.0. The lowest BCUT2D eigenvalue weighted by atomic mass is 9.95. The SMILES string of the molecule is [2H]c1c([2H])c([2H])c(-n2c3c([2H])c([2H])c([2H])c([2H])c3c3c([2H])c([2H])c([2H])c([2H])c32)c(-c2c(N(c3c([2H])c([2H])c(-c4c([2H])c([2H])c5c([2H])c([2H])c([2H])c([2H])c5c4[2H])c([2H])c3[2H])c3c([2H])c([2H])c(-c4c([2H])c([2H])c([2H])c5c([2H])c([2H])c([2H])c([2H])c45)c([2H])c3[2H])c([2H])c([2H])c3c2oc2c([2H])c([2H])c([2H])c([2H])c23)c1[2H]. The Morgan fingerprint density at radius 1 is 0.369 bits per heavy atom. The summed E-state index contributed by atoms with van der Waals surface area (Å²) in [6.07, 6.45) is 0. The van der Waals surface area contributed by atoms with E-state index in [1.54, 1.807) is 0 Å². The third kappa shape index (κ3) is 6.05. The first kappa shape index (κ1) is 14.7. The fourth-order valence-electron chi connectivity index (χ4n) is 7.43. The Labute approximate surface area is 432 Å². The van der Waals surface area contributed by atoms with Crippen molar-refractivity contribution < 1.29 is 59.2 Å². The lowest BCUT2D eigenvalue weighted by Gasteiger charge is -2.29. The van der Waals surface area contributed by atoms with Gasteiger partial charge in [-0.15, -0.1) is 0 Å². The van der Waals surface area contributed by atoms with E-state index >= 15 is 0 Å². The summed E-state index contributed by atoms with van der Waals surface area (Å²) in [5, 5.41) is -6.12. The summed E-state index contributed by atoms with van der Waals surface area (Å²) < 4.78 is 379. The van der Waals surface area contributed by atoms with E-state index in [-0.39, 0.29) is 4.90 Å². The number of furan rings is 1. The first-order chi connectivity index (χ1) is 48.9. The highest BCUT2D eigenvalue weighted by Crippen LogP contribution is 2.49. The van der Waals surface area contributed by atoms with Crippen molar-refractivity contribution >= 4 is 82.4 Å². The van der Waals surface area contributed by atoms with Gasteiger partial charge in [-0.2, -0.15) is 0 Å². The van der Waals surface area contributed by atoms with Crippen LogP contribution in [-0.2, 0) is 0 Å². The molecular formula is C62H40N2O. The molecule has 0 unspecified atom stereocenters. The summed E-state index contributed by atoms with van der Waals surface area (Å²) in [5.74, 6) is 0. The summed E-state index contributed by atoms with van der Waals surface area (Å²) in [6.45, 7) is 0. The number of para-hydroxylation sites is 4. The molecule has 0 spiro atoms.